The van der Waals surface area contributed by atoms with Crippen LogP contribution in [0.25, 0.3) is 0 Å². The van der Waals surface area contributed by atoms with Gasteiger partial charge in [-0.3, -0.25) is 14.4 Å². The number of hydrogen-bond donors (Lipinski definition) is 3. The second-order valence-electron chi connectivity index (χ2n) is 8.55. The Labute approximate surface area is 195 Å². The second-order valence-corrected chi connectivity index (χ2v) is 8.55. The number of benzene rings is 2. The van der Waals surface area contributed by atoms with Crippen molar-refractivity contribution in [3.63, 3.8) is 0 Å². The number of nitrogens with zero attached hydrogens (tertiary/aromatic N) is 1. The lowest BCUT2D eigenvalue weighted by atomic mass is 10.1. The highest BCUT2D eigenvalue weighted by Gasteiger charge is 2.17. The number of hydrogen-bond acceptors (Lipinski definition) is 4. The van der Waals surface area contributed by atoms with Gasteiger partial charge in [0.1, 0.15) is 0 Å². The van der Waals surface area contributed by atoms with E-state index in [0.717, 1.165) is 38.0 Å². The third-order valence-corrected chi connectivity index (χ3v) is 5.88. The van der Waals surface area contributed by atoms with Gasteiger partial charge >= 0.3 is 0 Å². The van der Waals surface area contributed by atoms with E-state index in [1.807, 2.05) is 18.7 Å². The number of rotatable bonds is 8. The molecular formula is C26H34N4O3. The van der Waals surface area contributed by atoms with Gasteiger partial charge in [-0.25, -0.2) is 0 Å². The lowest BCUT2D eigenvalue weighted by Gasteiger charge is -2.20. The summed E-state index contributed by atoms with van der Waals surface area (Å²) in [5, 5.41) is 8.83. The largest absolute Gasteiger partial charge is 0.376 e. The van der Waals surface area contributed by atoms with E-state index >= 15 is 0 Å². The molecule has 7 heteroatoms. The quantitative estimate of drug-likeness (QED) is 0.560. The topological polar surface area (TPSA) is 90.5 Å². The number of nitrogens with one attached hydrogen (secondary N) is 3. The molecule has 0 bridgehead atoms. The first kappa shape index (κ1) is 24.3. The molecule has 0 saturated carbocycles. The van der Waals surface area contributed by atoms with E-state index < -0.39 is 0 Å². The fourth-order valence-electron chi connectivity index (χ4n) is 3.72. The van der Waals surface area contributed by atoms with E-state index in [1.54, 1.807) is 48.5 Å². The molecule has 3 N–H and O–H groups in total. The Morgan fingerprint density at radius 3 is 2.27 bits per heavy atom. The Morgan fingerprint density at radius 1 is 0.909 bits per heavy atom. The molecule has 1 atom stereocenters. The van der Waals surface area contributed by atoms with Crippen molar-refractivity contribution >= 4 is 29.1 Å². The van der Waals surface area contributed by atoms with Gasteiger partial charge in [0.15, 0.2) is 0 Å². The second kappa shape index (κ2) is 12.0. The molecule has 0 radical (unpaired) electrons. The van der Waals surface area contributed by atoms with Crippen LogP contribution in [0.3, 0.4) is 0 Å². The molecule has 1 saturated heterocycles. The van der Waals surface area contributed by atoms with Crippen LogP contribution in [0.5, 0.6) is 0 Å². The predicted molar refractivity (Wildman–Crippen MR) is 132 cm³/mol. The molecule has 3 amide bonds. The zero-order valence-corrected chi connectivity index (χ0v) is 19.5. The predicted octanol–water partition coefficient (Wildman–Crippen LogP) is 4.28. The van der Waals surface area contributed by atoms with Gasteiger partial charge in [0.05, 0.1) is 6.54 Å². The van der Waals surface area contributed by atoms with Crippen molar-refractivity contribution in [2.45, 2.75) is 52.0 Å². The van der Waals surface area contributed by atoms with Crippen LogP contribution in [-0.2, 0) is 4.79 Å². The Kier molecular flexibility index (Phi) is 8.87. The van der Waals surface area contributed by atoms with E-state index in [2.05, 4.69) is 16.0 Å². The zero-order chi connectivity index (χ0) is 23.6. The summed E-state index contributed by atoms with van der Waals surface area (Å²) < 4.78 is 0. The van der Waals surface area contributed by atoms with Gasteiger partial charge in [0.25, 0.3) is 11.8 Å². The van der Waals surface area contributed by atoms with Crippen molar-refractivity contribution in [1.82, 2.24) is 10.2 Å². The molecule has 1 unspecified atom stereocenters. The molecule has 3 rings (SSSR count). The summed E-state index contributed by atoms with van der Waals surface area (Å²) in [6.45, 7) is 5.64. The van der Waals surface area contributed by atoms with Gasteiger partial charge < -0.3 is 20.9 Å². The lowest BCUT2D eigenvalue weighted by molar-refractivity contribution is -0.114. The van der Waals surface area contributed by atoms with Crippen LogP contribution in [0, 0.1) is 0 Å². The third kappa shape index (κ3) is 7.34. The Balaban J connectivity index is 1.51. The first-order valence-electron chi connectivity index (χ1n) is 11.8. The van der Waals surface area contributed by atoms with Gasteiger partial charge in [-0.05, 0) is 68.7 Å². The maximum absolute atomic E-state index is 12.8. The van der Waals surface area contributed by atoms with Gasteiger partial charge in [-0.1, -0.05) is 25.8 Å². The molecule has 1 aliphatic heterocycles. The molecule has 1 heterocycles. The highest BCUT2D eigenvalue weighted by atomic mass is 16.2. The van der Waals surface area contributed by atoms with E-state index in [-0.39, 0.29) is 30.3 Å². The monoisotopic (exact) mass is 450 g/mol. The first-order chi connectivity index (χ1) is 16.0. The van der Waals surface area contributed by atoms with Crippen LogP contribution in [0.1, 0.15) is 66.7 Å². The van der Waals surface area contributed by atoms with Crippen molar-refractivity contribution < 1.29 is 14.4 Å². The van der Waals surface area contributed by atoms with Crippen LogP contribution in [0.4, 0.5) is 11.4 Å². The summed E-state index contributed by atoms with van der Waals surface area (Å²) in [7, 11) is 0. The Morgan fingerprint density at radius 2 is 1.61 bits per heavy atom. The third-order valence-electron chi connectivity index (χ3n) is 5.88. The van der Waals surface area contributed by atoms with E-state index in [4.69, 9.17) is 0 Å². The normalized spacial score (nSPS) is 14.7. The minimum Gasteiger partial charge on any atom is -0.376 e. The van der Waals surface area contributed by atoms with Gasteiger partial charge in [-0.2, -0.15) is 0 Å². The smallest absolute Gasteiger partial charge is 0.253 e. The molecular weight excluding hydrogens is 416 g/mol. The fourth-order valence-corrected chi connectivity index (χ4v) is 3.72. The van der Waals surface area contributed by atoms with Crippen molar-refractivity contribution in [3.05, 3.63) is 59.7 Å². The molecule has 2 aromatic carbocycles. The van der Waals surface area contributed by atoms with Crippen molar-refractivity contribution in [2.75, 3.05) is 30.3 Å². The Hall–Kier alpha value is -3.35. The lowest BCUT2D eigenvalue weighted by Crippen LogP contribution is -2.32. The number of likely N-dealkylation sites (tertiary alicyclic amines) is 1. The van der Waals surface area contributed by atoms with Crippen molar-refractivity contribution in [3.8, 4) is 0 Å². The summed E-state index contributed by atoms with van der Waals surface area (Å²) in [6, 6.07) is 14.2. The van der Waals surface area contributed by atoms with Gasteiger partial charge in [-0.15, -0.1) is 0 Å². The minimum absolute atomic E-state index is 0.0172. The van der Waals surface area contributed by atoms with Crippen LogP contribution in [-0.4, -0.2) is 48.3 Å². The van der Waals surface area contributed by atoms with Gasteiger partial charge in [0, 0.05) is 41.6 Å². The highest BCUT2D eigenvalue weighted by Crippen LogP contribution is 2.17. The average molecular weight is 451 g/mol. The summed E-state index contributed by atoms with van der Waals surface area (Å²) in [6.07, 6.45) is 5.28. The van der Waals surface area contributed by atoms with Crippen LogP contribution >= 0.6 is 0 Å². The van der Waals surface area contributed by atoms with E-state index in [1.165, 1.54) is 12.8 Å². The molecule has 0 spiro atoms. The number of carbonyl (C=O) groups excluding carboxylic acids is 3. The summed E-state index contributed by atoms with van der Waals surface area (Å²) in [5.41, 5.74) is 2.51. The van der Waals surface area contributed by atoms with Crippen LogP contribution in [0.2, 0.25) is 0 Å². The molecule has 7 nitrogen and oxygen atoms in total. The van der Waals surface area contributed by atoms with Crippen LogP contribution < -0.4 is 16.0 Å². The molecule has 33 heavy (non-hydrogen) atoms. The fraction of sp³-hybridized carbons (Fsp3) is 0.423. The van der Waals surface area contributed by atoms with E-state index in [9.17, 15) is 14.4 Å². The molecule has 0 aliphatic carbocycles. The molecule has 176 valence electrons. The number of anilines is 2. The van der Waals surface area contributed by atoms with E-state index in [0.29, 0.717) is 16.8 Å². The minimum atomic E-state index is -0.215. The molecule has 1 aliphatic rings. The molecule has 1 fully saturated rings. The molecule has 2 aromatic rings. The molecule has 0 aromatic heterocycles. The maximum Gasteiger partial charge on any atom is 0.253 e. The summed E-state index contributed by atoms with van der Waals surface area (Å²) >= 11 is 0. The van der Waals surface area contributed by atoms with Crippen LogP contribution in [0.15, 0.2) is 48.5 Å². The average Bonchev–Trinajstić information content (AvgIpc) is 3.12. The number of amides is 3. The standard InChI is InChI=1S/C26H34N4O3/c1-3-19(2)28-25(32)20-11-13-22(14-12-20)27-18-24(31)29-23-10-8-9-21(17-23)26(33)30-15-6-4-5-7-16-30/h8-14,17,19,27H,3-7,15-16,18H2,1-2H3,(H,28,32)(H,29,31). The van der Waals surface area contributed by atoms with Crippen molar-refractivity contribution in [2.24, 2.45) is 0 Å². The highest BCUT2D eigenvalue weighted by molar-refractivity contribution is 5.98. The van der Waals surface area contributed by atoms with Crippen molar-refractivity contribution in [1.29, 1.82) is 0 Å². The SMILES string of the molecule is CCC(C)NC(=O)c1ccc(NCC(=O)Nc2cccc(C(=O)N3CCCCCC3)c2)cc1. The summed E-state index contributed by atoms with van der Waals surface area (Å²) in [5.74, 6) is -0.306. The zero-order valence-electron chi connectivity index (χ0n) is 19.5. The first-order valence-corrected chi connectivity index (χ1v) is 11.8. The summed E-state index contributed by atoms with van der Waals surface area (Å²) in [4.78, 5) is 39.3. The number of carbonyl (C=O) groups is 3. The maximum atomic E-state index is 12.8. The Bertz CT molecular complexity index is 950. The van der Waals surface area contributed by atoms with Gasteiger partial charge in [0.2, 0.25) is 5.91 Å².